The normalized spacial score (nSPS) is 12.2. The van der Waals surface area contributed by atoms with Gasteiger partial charge in [0.2, 0.25) is 0 Å². The third kappa shape index (κ3) is 3.69. The van der Waals surface area contributed by atoms with Crippen LogP contribution in [0.4, 0.5) is 0 Å². The van der Waals surface area contributed by atoms with Crippen LogP contribution in [0.2, 0.25) is 4.47 Å². The SMILES string of the molecule is Cl.NC(CO)Cc1cnc(Cl)s1. The predicted molar refractivity (Wildman–Crippen MR) is 53.1 cm³/mol. The lowest BCUT2D eigenvalue weighted by atomic mass is 10.2. The maximum atomic E-state index is 8.63. The van der Waals surface area contributed by atoms with E-state index in [0.29, 0.717) is 10.9 Å². The van der Waals surface area contributed by atoms with Crippen LogP contribution < -0.4 is 5.73 Å². The highest BCUT2D eigenvalue weighted by atomic mass is 35.5. The number of hydrogen-bond donors (Lipinski definition) is 2. The van der Waals surface area contributed by atoms with Gasteiger partial charge < -0.3 is 10.8 Å². The Labute approximate surface area is 86.0 Å². The fourth-order valence-corrected chi connectivity index (χ4v) is 1.77. The van der Waals surface area contributed by atoms with E-state index in [4.69, 9.17) is 22.4 Å². The summed E-state index contributed by atoms with van der Waals surface area (Å²) in [4.78, 5) is 4.86. The Morgan fingerprint density at radius 2 is 2.42 bits per heavy atom. The topological polar surface area (TPSA) is 59.1 Å². The molecule has 70 valence electrons. The van der Waals surface area contributed by atoms with Crippen molar-refractivity contribution in [3.8, 4) is 0 Å². The standard InChI is InChI=1S/C6H9ClN2OS.ClH/c7-6-9-2-5(11-6)1-4(8)3-10;/h2,4,10H,1,3,8H2;1H. The van der Waals surface area contributed by atoms with Gasteiger partial charge in [0.05, 0.1) is 6.61 Å². The van der Waals surface area contributed by atoms with Crippen molar-refractivity contribution in [2.75, 3.05) is 6.61 Å². The number of aromatic nitrogens is 1. The van der Waals surface area contributed by atoms with Crippen LogP contribution >= 0.6 is 35.3 Å². The van der Waals surface area contributed by atoms with Gasteiger partial charge in [-0.1, -0.05) is 11.6 Å². The van der Waals surface area contributed by atoms with Gasteiger partial charge in [0, 0.05) is 23.5 Å². The Morgan fingerprint density at radius 1 is 1.75 bits per heavy atom. The Hall–Kier alpha value is 0.130. The molecule has 0 bridgehead atoms. The van der Waals surface area contributed by atoms with Crippen molar-refractivity contribution in [3.63, 3.8) is 0 Å². The van der Waals surface area contributed by atoms with Gasteiger partial charge in [-0.3, -0.25) is 0 Å². The van der Waals surface area contributed by atoms with Crippen LogP contribution in [0.5, 0.6) is 0 Å². The molecular formula is C6H10Cl2N2OS. The molecule has 1 rings (SSSR count). The second-order valence-electron chi connectivity index (χ2n) is 2.23. The Kier molecular flexibility index (Phi) is 5.78. The first-order valence-corrected chi connectivity index (χ1v) is 4.38. The van der Waals surface area contributed by atoms with Gasteiger partial charge in [0.15, 0.2) is 4.47 Å². The van der Waals surface area contributed by atoms with Gasteiger partial charge in [0.25, 0.3) is 0 Å². The largest absolute Gasteiger partial charge is 0.395 e. The Bertz CT molecular complexity index is 231. The number of hydrogen-bond acceptors (Lipinski definition) is 4. The van der Waals surface area contributed by atoms with Crippen LogP contribution in [0.15, 0.2) is 6.20 Å². The molecule has 0 aliphatic heterocycles. The fourth-order valence-electron chi connectivity index (χ4n) is 0.701. The molecule has 1 atom stereocenters. The molecule has 0 saturated heterocycles. The van der Waals surface area contributed by atoms with E-state index in [1.807, 2.05) is 0 Å². The maximum Gasteiger partial charge on any atom is 0.183 e. The molecule has 1 aromatic rings. The first kappa shape index (κ1) is 12.1. The van der Waals surface area contributed by atoms with Gasteiger partial charge in [-0.25, -0.2) is 4.98 Å². The highest BCUT2D eigenvalue weighted by Crippen LogP contribution is 2.18. The van der Waals surface area contributed by atoms with Crippen molar-refractivity contribution in [2.24, 2.45) is 5.73 Å². The molecule has 0 aliphatic carbocycles. The van der Waals surface area contributed by atoms with E-state index in [9.17, 15) is 0 Å². The number of rotatable bonds is 3. The number of aliphatic hydroxyl groups excluding tert-OH is 1. The third-order valence-electron chi connectivity index (χ3n) is 1.22. The molecule has 12 heavy (non-hydrogen) atoms. The fraction of sp³-hybridized carbons (Fsp3) is 0.500. The van der Waals surface area contributed by atoms with Crippen molar-refractivity contribution < 1.29 is 5.11 Å². The van der Waals surface area contributed by atoms with E-state index in [-0.39, 0.29) is 25.1 Å². The summed E-state index contributed by atoms with van der Waals surface area (Å²) in [5.74, 6) is 0. The van der Waals surface area contributed by atoms with Gasteiger partial charge in [-0.15, -0.1) is 23.7 Å². The quantitative estimate of drug-likeness (QED) is 0.815. The van der Waals surface area contributed by atoms with E-state index in [1.165, 1.54) is 11.3 Å². The smallest absolute Gasteiger partial charge is 0.183 e. The monoisotopic (exact) mass is 228 g/mol. The summed E-state index contributed by atoms with van der Waals surface area (Å²) in [5.41, 5.74) is 5.50. The molecule has 0 amide bonds. The van der Waals surface area contributed by atoms with Crippen molar-refractivity contribution >= 4 is 35.3 Å². The number of thiazole rings is 1. The molecule has 3 nitrogen and oxygen atoms in total. The minimum absolute atomic E-state index is 0. The molecule has 0 aromatic carbocycles. The molecule has 0 aliphatic rings. The summed E-state index contributed by atoms with van der Waals surface area (Å²) in [7, 11) is 0. The number of halogens is 2. The average molecular weight is 229 g/mol. The summed E-state index contributed by atoms with van der Waals surface area (Å²) >= 11 is 6.99. The van der Waals surface area contributed by atoms with Crippen molar-refractivity contribution in [3.05, 3.63) is 15.5 Å². The van der Waals surface area contributed by atoms with Crippen molar-refractivity contribution in [1.29, 1.82) is 0 Å². The first-order valence-electron chi connectivity index (χ1n) is 3.19. The maximum absolute atomic E-state index is 8.63. The summed E-state index contributed by atoms with van der Waals surface area (Å²) < 4.78 is 0.519. The molecule has 1 aromatic heterocycles. The van der Waals surface area contributed by atoms with Crippen molar-refractivity contribution in [2.45, 2.75) is 12.5 Å². The van der Waals surface area contributed by atoms with Gasteiger partial charge >= 0.3 is 0 Å². The molecule has 6 heteroatoms. The second-order valence-corrected chi connectivity index (χ2v) is 3.92. The summed E-state index contributed by atoms with van der Waals surface area (Å²) in [5, 5.41) is 8.63. The van der Waals surface area contributed by atoms with E-state index in [1.54, 1.807) is 6.20 Å². The predicted octanol–water partition coefficient (Wildman–Crippen LogP) is 1.08. The number of nitrogens with zero attached hydrogens (tertiary/aromatic N) is 1. The summed E-state index contributed by atoms with van der Waals surface area (Å²) in [6.07, 6.45) is 2.32. The molecule has 3 N–H and O–H groups in total. The number of aliphatic hydroxyl groups is 1. The molecule has 1 heterocycles. The van der Waals surface area contributed by atoms with E-state index >= 15 is 0 Å². The lowest BCUT2D eigenvalue weighted by molar-refractivity contribution is 0.265. The zero-order valence-electron chi connectivity index (χ0n) is 6.24. The molecular weight excluding hydrogens is 219 g/mol. The zero-order valence-corrected chi connectivity index (χ0v) is 8.62. The van der Waals surface area contributed by atoms with E-state index in [2.05, 4.69) is 4.98 Å². The number of nitrogens with two attached hydrogens (primary N) is 1. The summed E-state index contributed by atoms with van der Waals surface area (Å²) in [6.45, 7) is -0.00445. The van der Waals surface area contributed by atoms with Crippen LogP contribution in [0, 0.1) is 0 Å². The van der Waals surface area contributed by atoms with Crippen LogP contribution in [0.1, 0.15) is 4.88 Å². The lowest BCUT2D eigenvalue weighted by Crippen LogP contribution is -2.26. The van der Waals surface area contributed by atoms with Gasteiger partial charge in [-0.2, -0.15) is 0 Å². The van der Waals surface area contributed by atoms with Crippen molar-refractivity contribution in [1.82, 2.24) is 4.98 Å². The van der Waals surface area contributed by atoms with Crippen LogP contribution in [-0.4, -0.2) is 22.7 Å². The minimum atomic E-state index is -0.202. The summed E-state index contributed by atoms with van der Waals surface area (Å²) in [6, 6.07) is -0.202. The molecule has 0 radical (unpaired) electrons. The third-order valence-corrected chi connectivity index (χ3v) is 2.36. The van der Waals surface area contributed by atoms with Gasteiger partial charge in [-0.05, 0) is 0 Å². The molecule has 1 unspecified atom stereocenters. The first-order chi connectivity index (χ1) is 5.22. The molecule has 0 fully saturated rings. The van der Waals surface area contributed by atoms with E-state index < -0.39 is 0 Å². The average Bonchev–Trinajstić information content (AvgIpc) is 2.35. The second kappa shape index (κ2) is 5.72. The van der Waals surface area contributed by atoms with Crippen LogP contribution in [0.25, 0.3) is 0 Å². The zero-order chi connectivity index (χ0) is 8.27. The highest BCUT2D eigenvalue weighted by Gasteiger charge is 2.04. The Balaban J connectivity index is 0.00000121. The molecule has 0 saturated carbocycles. The minimum Gasteiger partial charge on any atom is -0.395 e. The van der Waals surface area contributed by atoms with Crippen LogP contribution in [0.3, 0.4) is 0 Å². The Morgan fingerprint density at radius 3 is 2.83 bits per heavy atom. The van der Waals surface area contributed by atoms with Crippen LogP contribution in [-0.2, 0) is 6.42 Å². The molecule has 0 spiro atoms. The highest BCUT2D eigenvalue weighted by molar-refractivity contribution is 7.15. The van der Waals surface area contributed by atoms with E-state index in [0.717, 1.165) is 4.88 Å². The lowest BCUT2D eigenvalue weighted by Gasteiger charge is -2.03. The van der Waals surface area contributed by atoms with Gasteiger partial charge in [0.1, 0.15) is 0 Å².